The van der Waals surface area contributed by atoms with E-state index in [1.807, 2.05) is 0 Å². The number of hydrogen-bond acceptors (Lipinski definition) is 6. The Morgan fingerprint density at radius 3 is 2.70 bits per heavy atom. The number of benzene rings is 1. The lowest BCUT2D eigenvalue weighted by Gasteiger charge is -2.21. The van der Waals surface area contributed by atoms with E-state index in [4.69, 9.17) is 25.8 Å². The van der Waals surface area contributed by atoms with Crippen LogP contribution in [0.25, 0.3) is 0 Å². The topological polar surface area (TPSA) is 71.1 Å². The molecule has 1 aromatic rings. The van der Waals surface area contributed by atoms with E-state index in [1.165, 1.54) is 13.2 Å². The summed E-state index contributed by atoms with van der Waals surface area (Å²) in [6.07, 6.45) is 0. The summed E-state index contributed by atoms with van der Waals surface area (Å²) < 4.78 is 20.5. The molecule has 0 amide bonds. The predicted molar refractivity (Wildman–Crippen MR) is 70.0 cm³/mol. The van der Waals surface area contributed by atoms with Crippen LogP contribution >= 0.6 is 11.6 Å². The number of ether oxygens (including phenoxy) is 4. The number of rotatable bonds is 4. The van der Waals surface area contributed by atoms with Crippen molar-refractivity contribution in [1.29, 1.82) is 0 Å². The number of fused-ring (bicyclic) bond motifs is 1. The first-order chi connectivity index (χ1) is 9.60. The molecule has 0 aromatic heterocycles. The zero-order valence-corrected chi connectivity index (χ0v) is 11.8. The second-order valence-corrected chi connectivity index (χ2v) is 4.22. The smallest absolute Gasteiger partial charge is 0.379 e. The van der Waals surface area contributed by atoms with E-state index < -0.39 is 11.8 Å². The molecular weight excluding hydrogens is 288 g/mol. The van der Waals surface area contributed by atoms with Crippen LogP contribution in [0.1, 0.15) is 17.3 Å². The van der Waals surface area contributed by atoms with E-state index >= 15 is 0 Å². The molecule has 0 saturated heterocycles. The highest BCUT2D eigenvalue weighted by atomic mass is 35.5. The van der Waals surface area contributed by atoms with Gasteiger partial charge in [0.15, 0.2) is 17.2 Å². The van der Waals surface area contributed by atoms with Crippen molar-refractivity contribution in [2.24, 2.45) is 0 Å². The van der Waals surface area contributed by atoms with Crippen molar-refractivity contribution in [3.8, 4) is 17.2 Å². The molecular formula is C13H13ClO6. The second-order valence-electron chi connectivity index (χ2n) is 3.85. The van der Waals surface area contributed by atoms with E-state index in [1.54, 1.807) is 6.92 Å². The van der Waals surface area contributed by atoms with Crippen molar-refractivity contribution in [2.45, 2.75) is 6.92 Å². The fraction of sp³-hybridized carbons (Fsp3) is 0.385. The number of halogens is 1. The van der Waals surface area contributed by atoms with E-state index in [0.717, 1.165) is 0 Å². The molecule has 20 heavy (non-hydrogen) atoms. The lowest BCUT2D eigenvalue weighted by atomic mass is 10.1. The van der Waals surface area contributed by atoms with Gasteiger partial charge in [0.2, 0.25) is 0 Å². The number of Topliss-reactive ketones (excluding diaryl/α,β-unsaturated/α-hetero) is 1. The molecule has 108 valence electrons. The van der Waals surface area contributed by atoms with Crippen LogP contribution < -0.4 is 14.2 Å². The largest absolute Gasteiger partial charge is 0.494 e. The van der Waals surface area contributed by atoms with Crippen LogP contribution in [0.2, 0.25) is 5.02 Å². The summed E-state index contributed by atoms with van der Waals surface area (Å²) in [5, 5.41) is 0.0948. The molecule has 1 aromatic carbocycles. The summed E-state index contributed by atoms with van der Waals surface area (Å²) in [4.78, 5) is 23.6. The lowest BCUT2D eigenvalue weighted by Crippen LogP contribution is -2.20. The van der Waals surface area contributed by atoms with E-state index in [9.17, 15) is 9.59 Å². The monoisotopic (exact) mass is 300 g/mol. The number of methoxy groups -OCH3 is 1. The molecule has 7 heteroatoms. The van der Waals surface area contributed by atoms with Gasteiger partial charge in [-0.2, -0.15) is 0 Å². The van der Waals surface area contributed by atoms with Crippen LogP contribution in [0.3, 0.4) is 0 Å². The first kappa shape index (κ1) is 14.5. The van der Waals surface area contributed by atoms with Gasteiger partial charge in [0.1, 0.15) is 18.2 Å². The van der Waals surface area contributed by atoms with Crippen molar-refractivity contribution < 1.29 is 28.5 Å². The van der Waals surface area contributed by atoms with Gasteiger partial charge in [-0.3, -0.25) is 4.79 Å². The Labute approximate surface area is 120 Å². The van der Waals surface area contributed by atoms with Gasteiger partial charge in [-0.05, 0) is 13.0 Å². The van der Waals surface area contributed by atoms with Gasteiger partial charge in [-0.15, -0.1) is 0 Å². The van der Waals surface area contributed by atoms with Gasteiger partial charge in [0.25, 0.3) is 5.78 Å². The molecule has 6 nitrogen and oxygen atoms in total. The van der Waals surface area contributed by atoms with Crippen LogP contribution in [-0.2, 0) is 9.53 Å². The van der Waals surface area contributed by atoms with Crippen molar-refractivity contribution >= 4 is 23.4 Å². The average molecular weight is 301 g/mol. The van der Waals surface area contributed by atoms with Crippen molar-refractivity contribution in [3.05, 3.63) is 16.7 Å². The Hall–Kier alpha value is -1.95. The minimum atomic E-state index is -0.974. The van der Waals surface area contributed by atoms with Gasteiger partial charge in [-0.1, -0.05) is 11.6 Å². The third-order valence-corrected chi connectivity index (χ3v) is 2.98. The minimum Gasteiger partial charge on any atom is -0.494 e. The Morgan fingerprint density at radius 2 is 2.05 bits per heavy atom. The average Bonchev–Trinajstić information content (AvgIpc) is 2.46. The normalized spacial score (nSPS) is 12.8. The molecule has 0 saturated carbocycles. The first-order valence-electron chi connectivity index (χ1n) is 5.97. The summed E-state index contributed by atoms with van der Waals surface area (Å²) in [5.74, 6) is -1.15. The number of carbonyl (C=O) groups is 2. The lowest BCUT2D eigenvalue weighted by molar-refractivity contribution is -0.137. The van der Waals surface area contributed by atoms with E-state index in [2.05, 4.69) is 4.74 Å². The third-order valence-electron chi connectivity index (χ3n) is 2.64. The predicted octanol–water partition coefficient (Wildman–Crippen LogP) is 1.87. The summed E-state index contributed by atoms with van der Waals surface area (Å²) in [5.41, 5.74) is -0.0137. The van der Waals surface area contributed by atoms with E-state index in [-0.39, 0.29) is 22.9 Å². The molecule has 1 heterocycles. The number of carbonyl (C=O) groups excluding carboxylic acids is 2. The molecule has 0 N–H and O–H groups in total. The Bertz CT molecular complexity index is 554. The highest BCUT2D eigenvalue weighted by molar-refractivity contribution is 6.43. The van der Waals surface area contributed by atoms with Gasteiger partial charge >= 0.3 is 5.97 Å². The van der Waals surface area contributed by atoms with Gasteiger partial charge in [0, 0.05) is 0 Å². The maximum Gasteiger partial charge on any atom is 0.379 e. The molecule has 1 aliphatic heterocycles. The van der Waals surface area contributed by atoms with Crippen molar-refractivity contribution in [1.82, 2.24) is 0 Å². The van der Waals surface area contributed by atoms with Crippen molar-refractivity contribution in [2.75, 3.05) is 26.9 Å². The molecule has 0 aliphatic carbocycles. The first-order valence-corrected chi connectivity index (χ1v) is 6.35. The number of ketones is 1. The van der Waals surface area contributed by atoms with Crippen LogP contribution in [0.15, 0.2) is 6.07 Å². The van der Waals surface area contributed by atoms with Crippen LogP contribution in [0.4, 0.5) is 0 Å². The fourth-order valence-electron chi connectivity index (χ4n) is 1.80. The van der Waals surface area contributed by atoms with Crippen LogP contribution in [0.5, 0.6) is 17.2 Å². The van der Waals surface area contributed by atoms with E-state index in [0.29, 0.717) is 24.7 Å². The van der Waals surface area contributed by atoms with Crippen LogP contribution in [0, 0.1) is 0 Å². The number of esters is 1. The van der Waals surface area contributed by atoms with Gasteiger partial charge in [0.05, 0.1) is 19.3 Å². The Morgan fingerprint density at radius 1 is 1.35 bits per heavy atom. The molecule has 2 rings (SSSR count). The minimum absolute atomic E-state index is 0.0137. The second kappa shape index (κ2) is 6.00. The Balaban J connectivity index is 2.49. The van der Waals surface area contributed by atoms with Crippen molar-refractivity contribution in [3.63, 3.8) is 0 Å². The molecule has 0 fully saturated rings. The number of hydrogen-bond donors (Lipinski definition) is 0. The maximum atomic E-state index is 12.0. The molecule has 0 atom stereocenters. The molecule has 1 aliphatic rings. The third kappa shape index (κ3) is 2.51. The molecule has 0 bridgehead atoms. The highest BCUT2D eigenvalue weighted by Gasteiger charge is 2.29. The molecule has 0 spiro atoms. The zero-order valence-electron chi connectivity index (χ0n) is 11.0. The SMILES string of the molecule is CCOC(=O)C(=O)c1cc2c(c(Cl)c1OC)OCCO2. The summed E-state index contributed by atoms with van der Waals surface area (Å²) >= 11 is 6.12. The molecule has 0 radical (unpaired) electrons. The summed E-state index contributed by atoms with van der Waals surface area (Å²) in [6, 6.07) is 1.37. The summed E-state index contributed by atoms with van der Waals surface area (Å²) in [6.45, 7) is 2.40. The zero-order chi connectivity index (χ0) is 14.7. The van der Waals surface area contributed by atoms with Crippen LogP contribution in [-0.4, -0.2) is 38.7 Å². The Kier molecular flexibility index (Phi) is 4.34. The quantitative estimate of drug-likeness (QED) is 0.480. The molecule has 0 unspecified atom stereocenters. The standard InChI is InChI=1S/C13H13ClO6/c1-3-18-13(16)10(15)7-6-8-12(20-5-4-19-8)9(14)11(7)17-2/h6H,3-5H2,1-2H3. The summed E-state index contributed by atoms with van der Waals surface area (Å²) in [7, 11) is 1.35. The van der Waals surface area contributed by atoms with Gasteiger partial charge in [-0.25, -0.2) is 4.79 Å². The van der Waals surface area contributed by atoms with Gasteiger partial charge < -0.3 is 18.9 Å². The highest BCUT2D eigenvalue weighted by Crippen LogP contribution is 2.45. The fourth-order valence-corrected chi connectivity index (χ4v) is 2.13. The maximum absolute atomic E-state index is 12.0.